The van der Waals surface area contributed by atoms with Crippen molar-refractivity contribution in [2.75, 3.05) is 13.2 Å². The molecule has 2 fully saturated rings. The summed E-state index contributed by atoms with van der Waals surface area (Å²) >= 11 is 0. The maximum absolute atomic E-state index is 11.6. The number of unbranched alkanes of at least 4 members (excludes halogenated alkanes) is 2. The molecule has 5 N–H and O–H groups in total. The molecule has 1 aliphatic heterocycles. The second-order valence-corrected chi connectivity index (χ2v) is 9.62. The van der Waals surface area contributed by atoms with Gasteiger partial charge >= 0.3 is 11.9 Å². The summed E-state index contributed by atoms with van der Waals surface area (Å²) in [6, 6.07) is -0.411. The van der Waals surface area contributed by atoms with Crippen LogP contribution in [0.15, 0.2) is 0 Å². The predicted molar refractivity (Wildman–Crippen MR) is 139 cm³/mol. The van der Waals surface area contributed by atoms with E-state index in [1.54, 1.807) is 0 Å². The number of ketones is 1. The highest BCUT2D eigenvalue weighted by atomic mass is 16.5. The number of Topliss-reactive ketones (excluding diaryl/α,β-unsaturated/α-hetero) is 1. The van der Waals surface area contributed by atoms with Crippen molar-refractivity contribution in [2.45, 2.75) is 117 Å². The lowest BCUT2D eigenvalue weighted by molar-refractivity contribution is -0.148. The molecule has 0 aromatic heterocycles. The number of rotatable bonds is 13. The van der Waals surface area contributed by atoms with Gasteiger partial charge < -0.3 is 25.7 Å². The third-order valence-electron chi connectivity index (χ3n) is 6.68. The number of carboxylic acid groups (broad SMARTS) is 1. The summed E-state index contributed by atoms with van der Waals surface area (Å²) in [5, 5.41) is 19.8. The Bertz CT molecular complexity index is 621. The fourth-order valence-corrected chi connectivity index (χ4v) is 3.93. The Kier molecular flexibility index (Phi) is 22.3. The summed E-state index contributed by atoms with van der Waals surface area (Å²) in [6.07, 6.45) is 11.6. The van der Waals surface area contributed by atoms with Crippen molar-refractivity contribution in [3.63, 3.8) is 0 Å². The second-order valence-electron chi connectivity index (χ2n) is 9.62. The molecule has 4 unspecified atom stereocenters. The first-order valence-corrected chi connectivity index (χ1v) is 13.5. The topological polar surface area (TPSA) is 161 Å². The van der Waals surface area contributed by atoms with Gasteiger partial charge in [0.2, 0.25) is 5.91 Å². The number of nitrogens with one attached hydrogen (secondary N) is 1. The third kappa shape index (κ3) is 16.6. The number of carbonyl (C=O) groups is 4. The first-order valence-electron chi connectivity index (χ1n) is 13.5. The van der Waals surface area contributed by atoms with E-state index in [4.69, 9.17) is 14.9 Å². The fourth-order valence-electron chi connectivity index (χ4n) is 3.93. The molecule has 9 heteroatoms. The molecule has 0 radical (unpaired) electrons. The van der Waals surface area contributed by atoms with Gasteiger partial charge in [-0.3, -0.25) is 14.4 Å². The van der Waals surface area contributed by atoms with Crippen LogP contribution in [0.3, 0.4) is 0 Å². The van der Waals surface area contributed by atoms with E-state index in [-0.39, 0.29) is 29.6 Å². The van der Waals surface area contributed by atoms with Gasteiger partial charge in [0.15, 0.2) is 0 Å². The summed E-state index contributed by atoms with van der Waals surface area (Å²) in [5.74, 6) is -0.447. The molecule has 0 bridgehead atoms. The number of hydrogen-bond acceptors (Lipinski definition) is 6. The van der Waals surface area contributed by atoms with Gasteiger partial charge in [-0.25, -0.2) is 4.79 Å². The van der Waals surface area contributed by atoms with Crippen LogP contribution < -0.4 is 5.32 Å². The summed E-state index contributed by atoms with van der Waals surface area (Å²) in [4.78, 5) is 43.3. The molecule has 1 heterocycles. The zero-order valence-electron chi connectivity index (χ0n) is 22.9. The van der Waals surface area contributed by atoms with E-state index in [9.17, 15) is 19.2 Å². The Balaban J connectivity index is 0. The molecule has 4 atom stereocenters. The monoisotopic (exact) mass is 517 g/mol. The van der Waals surface area contributed by atoms with E-state index >= 15 is 0 Å². The lowest BCUT2D eigenvalue weighted by Crippen LogP contribution is -2.35. The van der Waals surface area contributed by atoms with Crippen LogP contribution in [-0.2, 0) is 23.9 Å². The van der Waals surface area contributed by atoms with Gasteiger partial charge in [-0.1, -0.05) is 66.2 Å². The van der Waals surface area contributed by atoms with E-state index in [2.05, 4.69) is 33.0 Å². The molecule has 1 saturated heterocycles. The highest BCUT2D eigenvalue weighted by Crippen LogP contribution is 2.21. The minimum Gasteiger partial charge on any atom is -0.481 e. The number of aliphatic hydroxyl groups excluding tert-OH is 1. The molecule has 0 aromatic rings. The molecule has 0 spiro atoms. The first-order chi connectivity index (χ1) is 16.7. The minimum absolute atomic E-state index is 0. The van der Waals surface area contributed by atoms with Crippen molar-refractivity contribution < 1.29 is 39.6 Å². The Hall–Kier alpha value is -2.00. The average Bonchev–Trinajstić information content (AvgIpc) is 3.49. The molecule has 2 aliphatic rings. The molecule has 0 aromatic carbocycles. The van der Waals surface area contributed by atoms with Crippen molar-refractivity contribution >= 4 is 23.6 Å². The van der Waals surface area contributed by atoms with Crippen LogP contribution in [0.2, 0.25) is 0 Å². The molecule has 1 saturated carbocycles. The quantitative estimate of drug-likeness (QED) is 0.313. The minimum atomic E-state index is -0.833. The summed E-state index contributed by atoms with van der Waals surface area (Å²) in [5.41, 5.74) is 0. The van der Waals surface area contributed by atoms with Crippen molar-refractivity contribution in [1.82, 2.24) is 5.32 Å². The lowest BCUT2D eigenvalue weighted by atomic mass is 10.0. The molecular weight excluding hydrogens is 466 g/mol. The Morgan fingerprint density at radius 1 is 0.972 bits per heavy atom. The molecule has 9 nitrogen and oxygen atoms in total. The van der Waals surface area contributed by atoms with E-state index in [1.807, 2.05) is 0 Å². The Morgan fingerprint density at radius 3 is 1.92 bits per heavy atom. The van der Waals surface area contributed by atoms with Crippen LogP contribution in [0.5, 0.6) is 0 Å². The standard InChI is InChI=1S/C13H23NO3.C8H18O.C6H8O3.H2O/c1-3-5-6-10(4-2)9-17-13(16)11-7-8-12(15)14-11;1-3-5-6-8(4-2)7-9;7-5-2-1-4(3-5)6(8)9;/h10-11H,3-9H2,1-2H3,(H,14,15);8-9H,3-7H2,1-2H3;4H,1-3H2,(H,8,9);1H2. The lowest BCUT2D eigenvalue weighted by Gasteiger charge is -2.16. The largest absolute Gasteiger partial charge is 0.481 e. The normalized spacial score (nSPS) is 20.0. The van der Waals surface area contributed by atoms with Gasteiger partial charge in [0.1, 0.15) is 11.8 Å². The molecule has 2 rings (SSSR count). The maximum atomic E-state index is 11.6. The van der Waals surface area contributed by atoms with Crippen LogP contribution in [0.4, 0.5) is 0 Å². The number of amides is 1. The first kappa shape index (κ1) is 36.2. The van der Waals surface area contributed by atoms with Crippen LogP contribution >= 0.6 is 0 Å². The highest BCUT2D eigenvalue weighted by molar-refractivity contribution is 5.88. The SMILES string of the molecule is CCCCC(CC)CO.CCCCC(CC)COC(=O)C1CCC(=O)N1.O.O=C1CCC(C(=O)O)C1. The molecule has 1 amide bonds. The van der Waals surface area contributed by atoms with Gasteiger partial charge in [-0.15, -0.1) is 0 Å². The molecule has 212 valence electrons. The number of carboxylic acids is 1. The van der Waals surface area contributed by atoms with Crippen LogP contribution in [0, 0.1) is 17.8 Å². The van der Waals surface area contributed by atoms with Gasteiger partial charge in [0.05, 0.1) is 12.5 Å². The fraction of sp³-hybridized carbons (Fsp3) is 0.852. The number of hydrogen-bond donors (Lipinski definition) is 3. The second kappa shape index (κ2) is 22.2. The number of aliphatic hydroxyl groups is 1. The summed E-state index contributed by atoms with van der Waals surface area (Å²) in [6.45, 7) is 9.46. The van der Waals surface area contributed by atoms with Gasteiger partial charge in [-0.2, -0.15) is 0 Å². The van der Waals surface area contributed by atoms with Crippen molar-refractivity contribution in [3.05, 3.63) is 0 Å². The number of ether oxygens (including phenoxy) is 1. The summed E-state index contributed by atoms with van der Waals surface area (Å²) in [7, 11) is 0. The van der Waals surface area contributed by atoms with Gasteiger partial charge in [-0.05, 0) is 37.5 Å². The Morgan fingerprint density at radius 2 is 1.56 bits per heavy atom. The molecular formula is C27H51NO8. The average molecular weight is 518 g/mol. The molecule has 36 heavy (non-hydrogen) atoms. The van der Waals surface area contributed by atoms with E-state index in [0.29, 0.717) is 50.7 Å². The summed E-state index contributed by atoms with van der Waals surface area (Å²) < 4.78 is 5.27. The number of carbonyl (C=O) groups excluding carboxylic acids is 3. The van der Waals surface area contributed by atoms with E-state index in [1.165, 1.54) is 32.1 Å². The van der Waals surface area contributed by atoms with E-state index in [0.717, 1.165) is 19.3 Å². The smallest absolute Gasteiger partial charge is 0.328 e. The van der Waals surface area contributed by atoms with Crippen molar-refractivity contribution in [3.8, 4) is 0 Å². The van der Waals surface area contributed by atoms with E-state index < -0.39 is 17.9 Å². The molecule has 1 aliphatic carbocycles. The van der Waals surface area contributed by atoms with Gasteiger partial charge in [0.25, 0.3) is 0 Å². The number of aliphatic carboxylic acids is 1. The number of esters is 1. The Labute approximate surface area is 217 Å². The van der Waals surface area contributed by atoms with Crippen molar-refractivity contribution in [2.24, 2.45) is 17.8 Å². The van der Waals surface area contributed by atoms with Crippen LogP contribution in [0.25, 0.3) is 0 Å². The third-order valence-corrected chi connectivity index (χ3v) is 6.68. The van der Waals surface area contributed by atoms with Crippen LogP contribution in [0.1, 0.15) is 111 Å². The van der Waals surface area contributed by atoms with Crippen LogP contribution in [-0.4, -0.2) is 58.6 Å². The highest BCUT2D eigenvalue weighted by Gasteiger charge is 2.29. The zero-order valence-corrected chi connectivity index (χ0v) is 22.9. The predicted octanol–water partition coefficient (Wildman–Crippen LogP) is 3.84. The maximum Gasteiger partial charge on any atom is 0.328 e. The van der Waals surface area contributed by atoms with Crippen molar-refractivity contribution in [1.29, 1.82) is 0 Å². The van der Waals surface area contributed by atoms with Gasteiger partial charge in [0, 0.05) is 25.9 Å². The zero-order chi connectivity index (χ0) is 26.6.